The molecule has 2 nitrogen and oxygen atoms in total. The van der Waals surface area contributed by atoms with E-state index in [2.05, 4.69) is 43.4 Å². The summed E-state index contributed by atoms with van der Waals surface area (Å²) in [6, 6.07) is 8.21. The number of para-hydroxylation sites is 1. The predicted octanol–water partition coefficient (Wildman–Crippen LogP) is 4.61. The van der Waals surface area contributed by atoms with Crippen molar-refractivity contribution in [2.24, 2.45) is 5.92 Å². The number of fused-ring (bicyclic) bond motifs is 2. The zero-order chi connectivity index (χ0) is 13.7. The smallest absolute Gasteiger partial charge is 0.134 e. The normalized spacial score (nSPS) is 24.3. The molecular formula is C18H16O2. The number of ether oxygens (including phenoxy) is 1. The Bertz CT molecular complexity index is 774. The van der Waals surface area contributed by atoms with Crippen LogP contribution in [0.3, 0.4) is 0 Å². The topological polar surface area (TPSA) is 22.4 Å². The highest BCUT2D eigenvalue weighted by molar-refractivity contribution is 5.94. The van der Waals surface area contributed by atoms with Gasteiger partial charge in [0.05, 0.1) is 5.76 Å². The van der Waals surface area contributed by atoms with Crippen LogP contribution in [0.5, 0.6) is 0 Å². The minimum atomic E-state index is 0.128. The highest BCUT2D eigenvalue weighted by atomic mass is 16.5. The summed E-state index contributed by atoms with van der Waals surface area (Å²) in [4.78, 5) is 0. The third-order valence-corrected chi connectivity index (χ3v) is 4.15. The third-order valence-electron chi connectivity index (χ3n) is 4.15. The first-order valence-corrected chi connectivity index (χ1v) is 6.96. The summed E-state index contributed by atoms with van der Waals surface area (Å²) in [5, 5.41) is 1.17. The Morgan fingerprint density at radius 1 is 1.00 bits per heavy atom. The molecule has 2 heterocycles. The van der Waals surface area contributed by atoms with Crippen molar-refractivity contribution in [3.05, 3.63) is 65.7 Å². The quantitative estimate of drug-likeness (QED) is 0.750. The van der Waals surface area contributed by atoms with Gasteiger partial charge in [0, 0.05) is 22.4 Å². The molecule has 0 spiro atoms. The molecule has 2 aliphatic rings. The number of rotatable bonds is 1. The maximum absolute atomic E-state index is 6.01. The zero-order valence-electron chi connectivity index (χ0n) is 11.6. The summed E-state index contributed by atoms with van der Waals surface area (Å²) in [7, 11) is 0. The fourth-order valence-electron chi connectivity index (χ4n) is 3.31. The second-order valence-corrected chi connectivity index (χ2v) is 5.38. The molecule has 0 amide bonds. The maximum Gasteiger partial charge on any atom is 0.134 e. The molecule has 2 unspecified atom stereocenters. The van der Waals surface area contributed by atoms with Gasteiger partial charge in [0.2, 0.25) is 0 Å². The number of hydrogen-bond acceptors (Lipinski definition) is 2. The fourth-order valence-corrected chi connectivity index (χ4v) is 3.31. The maximum atomic E-state index is 6.01. The summed E-state index contributed by atoms with van der Waals surface area (Å²) in [5.41, 5.74) is 3.41. The van der Waals surface area contributed by atoms with Crippen LogP contribution in [-0.2, 0) is 4.74 Å². The van der Waals surface area contributed by atoms with E-state index in [1.165, 1.54) is 16.5 Å². The minimum Gasteiger partial charge on any atom is -0.490 e. The van der Waals surface area contributed by atoms with Crippen molar-refractivity contribution in [1.29, 1.82) is 0 Å². The average molecular weight is 264 g/mol. The van der Waals surface area contributed by atoms with Crippen LogP contribution >= 0.6 is 0 Å². The summed E-state index contributed by atoms with van der Waals surface area (Å²) in [6.45, 7) is 4.09. The van der Waals surface area contributed by atoms with Crippen LogP contribution in [0, 0.1) is 12.8 Å². The van der Waals surface area contributed by atoms with Crippen LogP contribution in [0.25, 0.3) is 16.5 Å². The molecule has 2 atom stereocenters. The summed E-state index contributed by atoms with van der Waals surface area (Å²) in [6.07, 6.45) is 8.62. The van der Waals surface area contributed by atoms with Crippen LogP contribution in [0.1, 0.15) is 18.2 Å². The van der Waals surface area contributed by atoms with Gasteiger partial charge in [-0.2, -0.15) is 0 Å². The fraction of sp³-hybridized carbons (Fsp3) is 0.222. The standard InChI is InChI=1S/C18H16O2/c1-11-17(13-7-3-5-9-15(13)19-11)18-12(2)20-16-10-6-4-8-14(16)18/h3-10,13,15H,1-2H3. The van der Waals surface area contributed by atoms with Gasteiger partial charge < -0.3 is 9.15 Å². The van der Waals surface area contributed by atoms with E-state index in [0.717, 1.165) is 17.1 Å². The van der Waals surface area contributed by atoms with Crippen molar-refractivity contribution in [3.8, 4) is 0 Å². The Labute approximate surface area is 118 Å². The highest BCUT2D eigenvalue weighted by Crippen LogP contribution is 2.44. The van der Waals surface area contributed by atoms with Gasteiger partial charge in [-0.05, 0) is 26.0 Å². The number of furan rings is 1. The Balaban J connectivity index is 1.95. The molecule has 20 heavy (non-hydrogen) atoms. The first kappa shape index (κ1) is 11.6. The Morgan fingerprint density at radius 3 is 2.70 bits per heavy atom. The van der Waals surface area contributed by atoms with E-state index in [0.29, 0.717) is 5.92 Å². The monoisotopic (exact) mass is 264 g/mol. The molecule has 1 aliphatic carbocycles. The summed E-state index contributed by atoms with van der Waals surface area (Å²) >= 11 is 0. The van der Waals surface area contributed by atoms with Crippen LogP contribution in [0.2, 0.25) is 0 Å². The predicted molar refractivity (Wildman–Crippen MR) is 80.2 cm³/mol. The molecule has 1 aliphatic heterocycles. The summed E-state index contributed by atoms with van der Waals surface area (Å²) in [5.74, 6) is 2.26. The van der Waals surface area contributed by atoms with Gasteiger partial charge >= 0.3 is 0 Å². The molecule has 0 N–H and O–H groups in total. The van der Waals surface area contributed by atoms with Crippen molar-refractivity contribution < 1.29 is 9.15 Å². The first-order chi connectivity index (χ1) is 9.75. The Kier molecular flexibility index (Phi) is 2.40. The largest absolute Gasteiger partial charge is 0.490 e. The minimum absolute atomic E-state index is 0.128. The van der Waals surface area contributed by atoms with Gasteiger partial charge in [-0.25, -0.2) is 0 Å². The first-order valence-electron chi connectivity index (χ1n) is 6.96. The van der Waals surface area contributed by atoms with E-state index < -0.39 is 0 Å². The van der Waals surface area contributed by atoms with Crippen LogP contribution < -0.4 is 0 Å². The number of benzene rings is 1. The molecule has 2 aromatic rings. The number of allylic oxidation sites excluding steroid dienone is 3. The van der Waals surface area contributed by atoms with E-state index in [1.54, 1.807) is 0 Å². The van der Waals surface area contributed by atoms with E-state index in [1.807, 2.05) is 19.1 Å². The molecule has 0 fully saturated rings. The molecule has 1 aromatic carbocycles. The summed E-state index contributed by atoms with van der Waals surface area (Å²) < 4.78 is 11.9. The van der Waals surface area contributed by atoms with E-state index >= 15 is 0 Å². The van der Waals surface area contributed by atoms with E-state index in [4.69, 9.17) is 9.15 Å². The molecule has 0 saturated carbocycles. The van der Waals surface area contributed by atoms with Crippen LogP contribution in [-0.4, -0.2) is 6.10 Å². The molecule has 4 rings (SSSR count). The molecule has 2 heteroatoms. The van der Waals surface area contributed by atoms with Gasteiger partial charge in [0.25, 0.3) is 0 Å². The number of hydrogen-bond donors (Lipinski definition) is 0. The number of aryl methyl sites for hydroxylation is 1. The lowest BCUT2D eigenvalue weighted by molar-refractivity contribution is 0.166. The van der Waals surface area contributed by atoms with Gasteiger partial charge in [-0.15, -0.1) is 0 Å². The molecule has 0 radical (unpaired) electrons. The Hall–Kier alpha value is -2.22. The van der Waals surface area contributed by atoms with Gasteiger partial charge in [-0.1, -0.05) is 36.4 Å². The van der Waals surface area contributed by atoms with Crippen molar-refractivity contribution in [2.75, 3.05) is 0 Å². The molecular weight excluding hydrogens is 248 g/mol. The van der Waals surface area contributed by atoms with Gasteiger partial charge in [0.1, 0.15) is 17.4 Å². The van der Waals surface area contributed by atoms with Crippen molar-refractivity contribution in [3.63, 3.8) is 0 Å². The molecule has 100 valence electrons. The van der Waals surface area contributed by atoms with Gasteiger partial charge in [0.15, 0.2) is 0 Å². The Morgan fingerprint density at radius 2 is 1.80 bits per heavy atom. The van der Waals surface area contributed by atoms with E-state index in [9.17, 15) is 0 Å². The molecule has 0 bridgehead atoms. The highest BCUT2D eigenvalue weighted by Gasteiger charge is 2.35. The van der Waals surface area contributed by atoms with Crippen LogP contribution in [0.4, 0.5) is 0 Å². The lowest BCUT2D eigenvalue weighted by atomic mass is 9.86. The van der Waals surface area contributed by atoms with E-state index in [-0.39, 0.29) is 6.10 Å². The molecule has 1 aromatic heterocycles. The zero-order valence-corrected chi connectivity index (χ0v) is 11.6. The van der Waals surface area contributed by atoms with Crippen LogP contribution in [0.15, 0.2) is 58.7 Å². The SMILES string of the molecule is CC1=C(c2c(C)oc3ccccc23)C2C=CC=CC2O1. The van der Waals surface area contributed by atoms with Crippen molar-refractivity contribution in [2.45, 2.75) is 20.0 Å². The van der Waals surface area contributed by atoms with Crippen molar-refractivity contribution >= 4 is 16.5 Å². The lowest BCUT2D eigenvalue weighted by Gasteiger charge is -2.17. The second-order valence-electron chi connectivity index (χ2n) is 5.38. The third kappa shape index (κ3) is 1.51. The second kappa shape index (κ2) is 4.14. The average Bonchev–Trinajstić information content (AvgIpc) is 2.94. The van der Waals surface area contributed by atoms with Crippen molar-refractivity contribution in [1.82, 2.24) is 0 Å². The molecule has 0 saturated heterocycles. The lowest BCUT2D eigenvalue weighted by Crippen LogP contribution is -2.15. The van der Waals surface area contributed by atoms with Gasteiger partial charge in [-0.3, -0.25) is 0 Å².